The lowest BCUT2D eigenvalue weighted by atomic mass is 9.91. The fourth-order valence-corrected chi connectivity index (χ4v) is 3.00. The first kappa shape index (κ1) is 19.2. The summed E-state index contributed by atoms with van der Waals surface area (Å²) in [6, 6.07) is 1.77. The van der Waals surface area contributed by atoms with Gasteiger partial charge < -0.3 is 14.4 Å². The van der Waals surface area contributed by atoms with Gasteiger partial charge in [0.2, 0.25) is 5.91 Å². The zero-order valence-corrected chi connectivity index (χ0v) is 15.8. The molecule has 1 fully saturated rings. The van der Waals surface area contributed by atoms with Gasteiger partial charge >= 0.3 is 5.97 Å². The molecule has 0 atom stereocenters. The molecular formula is C19H28N2O4. The molecule has 25 heavy (non-hydrogen) atoms. The summed E-state index contributed by atoms with van der Waals surface area (Å²) in [6.07, 6.45) is 4.27. The molecule has 1 saturated heterocycles. The number of rotatable bonds is 4. The molecule has 138 valence electrons. The minimum absolute atomic E-state index is 0.133. The van der Waals surface area contributed by atoms with Gasteiger partial charge in [0.15, 0.2) is 5.75 Å². The first-order valence-electron chi connectivity index (χ1n) is 8.71. The lowest BCUT2D eigenvalue weighted by Gasteiger charge is -2.31. The van der Waals surface area contributed by atoms with E-state index in [4.69, 9.17) is 9.47 Å². The number of amides is 1. The van der Waals surface area contributed by atoms with Gasteiger partial charge in [-0.05, 0) is 52.0 Å². The molecule has 1 amide bonds. The molecule has 6 heteroatoms. The number of nitrogens with zero attached hydrogens (tertiary/aromatic N) is 2. The van der Waals surface area contributed by atoms with E-state index in [2.05, 4.69) is 4.98 Å². The van der Waals surface area contributed by atoms with E-state index >= 15 is 0 Å². The Morgan fingerprint density at radius 1 is 1.28 bits per heavy atom. The molecule has 0 radical (unpaired) electrons. The molecule has 0 saturated carbocycles. The van der Waals surface area contributed by atoms with E-state index < -0.39 is 11.6 Å². The quantitative estimate of drug-likeness (QED) is 0.783. The van der Waals surface area contributed by atoms with Crippen LogP contribution in [0, 0.1) is 5.92 Å². The molecule has 2 rings (SSSR count). The summed E-state index contributed by atoms with van der Waals surface area (Å²) in [4.78, 5) is 30.1. The van der Waals surface area contributed by atoms with Crippen LogP contribution in [0.5, 0.6) is 5.75 Å². The number of methoxy groups -OCH3 is 1. The smallest absolute Gasteiger partial charge is 0.342 e. The van der Waals surface area contributed by atoms with Crippen molar-refractivity contribution in [1.29, 1.82) is 0 Å². The molecule has 0 bridgehead atoms. The van der Waals surface area contributed by atoms with Gasteiger partial charge in [-0.25, -0.2) is 4.79 Å². The Labute approximate surface area is 149 Å². The Kier molecular flexibility index (Phi) is 6.03. The van der Waals surface area contributed by atoms with E-state index in [0.717, 1.165) is 38.0 Å². The number of likely N-dealkylation sites (tertiary alicyclic amines) is 1. The summed E-state index contributed by atoms with van der Waals surface area (Å²) >= 11 is 0. The van der Waals surface area contributed by atoms with Gasteiger partial charge in [0.1, 0.15) is 11.2 Å². The van der Waals surface area contributed by atoms with Crippen molar-refractivity contribution in [2.45, 2.75) is 52.6 Å². The van der Waals surface area contributed by atoms with Crippen molar-refractivity contribution in [3.8, 4) is 5.75 Å². The second-order valence-electron chi connectivity index (χ2n) is 7.53. The van der Waals surface area contributed by atoms with Crippen LogP contribution in [0.2, 0.25) is 0 Å². The predicted octanol–water partition coefficient (Wildman–Crippen LogP) is 2.85. The highest BCUT2D eigenvalue weighted by Gasteiger charge is 2.24. The third-order valence-electron chi connectivity index (χ3n) is 4.32. The highest BCUT2D eigenvalue weighted by molar-refractivity contribution is 5.92. The van der Waals surface area contributed by atoms with Crippen LogP contribution in [0.3, 0.4) is 0 Å². The molecule has 1 aromatic heterocycles. The first-order valence-corrected chi connectivity index (χ1v) is 8.71. The summed E-state index contributed by atoms with van der Waals surface area (Å²) in [5, 5.41) is 0. The van der Waals surface area contributed by atoms with Crippen molar-refractivity contribution in [1.82, 2.24) is 9.88 Å². The molecule has 0 unspecified atom stereocenters. The van der Waals surface area contributed by atoms with Gasteiger partial charge in [-0.2, -0.15) is 0 Å². The predicted molar refractivity (Wildman–Crippen MR) is 94.6 cm³/mol. The fraction of sp³-hybridized carbons (Fsp3) is 0.632. The molecule has 1 aliphatic heterocycles. The Bertz CT molecular complexity index is 629. The molecule has 0 aromatic carbocycles. The number of esters is 1. The number of hydrogen-bond donors (Lipinski definition) is 0. The third kappa shape index (κ3) is 5.44. The van der Waals surface area contributed by atoms with E-state index in [9.17, 15) is 9.59 Å². The molecule has 1 aliphatic rings. The largest absolute Gasteiger partial charge is 0.494 e. The number of piperidine rings is 1. The minimum Gasteiger partial charge on any atom is -0.494 e. The molecule has 2 heterocycles. The SMILES string of the molecule is COc1cnc(CC2CCN(C(C)=O)CC2)cc1C(=O)OC(C)(C)C. The number of hydrogen-bond acceptors (Lipinski definition) is 5. The van der Waals surface area contributed by atoms with Crippen LogP contribution in [0.1, 0.15) is 56.6 Å². The van der Waals surface area contributed by atoms with Gasteiger partial charge in [0.25, 0.3) is 0 Å². The lowest BCUT2D eigenvalue weighted by Crippen LogP contribution is -2.37. The average molecular weight is 348 g/mol. The molecule has 6 nitrogen and oxygen atoms in total. The summed E-state index contributed by atoms with van der Waals surface area (Å²) in [6.45, 7) is 8.69. The number of carbonyl (C=O) groups is 2. The summed E-state index contributed by atoms with van der Waals surface area (Å²) in [7, 11) is 1.52. The van der Waals surface area contributed by atoms with Crippen LogP contribution >= 0.6 is 0 Å². The van der Waals surface area contributed by atoms with E-state index in [1.165, 1.54) is 7.11 Å². The van der Waals surface area contributed by atoms with E-state index in [1.807, 2.05) is 25.7 Å². The number of ether oxygens (including phenoxy) is 2. The molecule has 0 N–H and O–H groups in total. The van der Waals surface area contributed by atoms with Crippen LogP contribution in [0.15, 0.2) is 12.3 Å². The normalized spacial score (nSPS) is 15.8. The Morgan fingerprint density at radius 3 is 2.44 bits per heavy atom. The van der Waals surface area contributed by atoms with E-state index in [1.54, 1.807) is 19.2 Å². The maximum Gasteiger partial charge on any atom is 0.342 e. The maximum atomic E-state index is 12.4. The highest BCUT2D eigenvalue weighted by atomic mass is 16.6. The van der Waals surface area contributed by atoms with Crippen molar-refractivity contribution in [3.05, 3.63) is 23.5 Å². The van der Waals surface area contributed by atoms with Gasteiger partial charge in [-0.15, -0.1) is 0 Å². The Balaban J connectivity index is 2.08. The highest BCUT2D eigenvalue weighted by Crippen LogP contribution is 2.25. The second-order valence-corrected chi connectivity index (χ2v) is 7.53. The maximum absolute atomic E-state index is 12.4. The van der Waals surface area contributed by atoms with Gasteiger partial charge in [-0.1, -0.05) is 0 Å². The van der Waals surface area contributed by atoms with E-state index in [-0.39, 0.29) is 5.91 Å². The molecular weight excluding hydrogens is 320 g/mol. The summed E-state index contributed by atoms with van der Waals surface area (Å²) in [5.41, 5.74) is 0.692. The van der Waals surface area contributed by atoms with Crippen molar-refractivity contribution in [2.24, 2.45) is 5.92 Å². The molecule has 0 spiro atoms. The van der Waals surface area contributed by atoms with Crippen molar-refractivity contribution >= 4 is 11.9 Å². The average Bonchev–Trinajstić information content (AvgIpc) is 2.53. The van der Waals surface area contributed by atoms with Crippen LogP contribution in [-0.2, 0) is 16.0 Å². The lowest BCUT2D eigenvalue weighted by molar-refractivity contribution is -0.130. The zero-order valence-electron chi connectivity index (χ0n) is 15.8. The zero-order chi connectivity index (χ0) is 18.6. The standard InChI is InChI=1S/C19H28N2O4/c1-13(22)21-8-6-14(7-9-21)10-15-11-16(17(24-5)12-20-15)18(23)25-19(2,3)4/h11-12,14H,6-10H2,1-5H3. The van der Waals surface area contributed by atoms with Gasteiger partial charge in [0, 0.05) is 25.7 Å². The van der Waals surface area contributed by atoms with Crippen LogP contribution < -0.4 is 4.74 Å². The monoisotopic (exact) mass is 348 g/mol. The number of carbonyl (C=O) groups excluding carboxylic acids is 2. The summed E-state index contributed by atoms with van der Waals surface area (Å²) < 4.78 is 10.7. The molecule has 0 aliphatic carbocycles. The summed E-state index contributed by atoms with van der Waals surface area (Å²) in [5.74, 6) is 0.611. The minimum atomic E-state index is -0.564. The van der Waals surface area contributed by atoms with Crippen LogP contribution in [0.25, 0.3) is 0 Å². The van der Waals surface area contributed by atoms with Crippen molar-refractivity contribution < 1.29 is 19.1 Å². The fourth-order valence-electron chi connectivity index (χ4n) is 3.00. The van der Waals surface area contributed by atoms with Crippen molar-refractivity contribution in [2.75, 3.05) is 20.2 Å². The van der Waals surface area contributed by atoms with Crippen molar-refractivity contribution in [3.63, 3.8) is 0 Å². The second kappa shape index (κ2) is 7.85. The van der Waals surface area contributed by atoms with Gasteiger partial charge in [-0.3, -0.25) is 9.78 Å². The third-order valence-corrected chi connectivity index (χ3v) is 4.32. The first-order chi connectivity index (χ1) is 11.7. The van der Waals surface area contributed by atoms with Crippen LogP contribution in [0.4, 0.5) is 0 Å². The number of pyridine rings is 1. The number of aromatic nitrogens is 1. The topological polar surface area (TPSA) is 68.7 Å². The Morgan fingerprint density at radius 2 is 1.92 bits per heavy atom. The van der Waals surface area contributed by atoms with Crippen LogP contribution in [-0.4, -0.2) is 47.6 Å². The molecule has 1 aromatic rings. The van der Waals surface area contributed by atoms with Gasteiger partial charge in [0.05, 0.1) is 13.3 Å². The Hall–Kier alpha value is -2.11. The van der Waals surface area contributed by atoms with E-state index in [0.29, 0.717) is 17.2 Å².